The third-order valence-corrected chi connectivity index (χ3v) is 4.36. The van der Waals surface area contributed by atoms with Crippen molar-refractivity contribution in [2.75, 3.05) is 50.8 Å². The normalized spacial score (nSPS) is 18.3. The maximum Gasteiger partial charge on any atom is 0.410 e. The van der Waals surface area contributed by atoms with E-state index in [1.165, 1.54) is 4.90 Å². The van der Waals surface area contributed by atoms with Gasteiger partial charge < -0.3 is 19.0 Å². The molecular formula is C16H18N4O4. The van der Waals surface area contributed by atoms with Crippen LogP contribution in [0.5, 0.6) is 0 Å². The number of piperazine rings is 1. The number of fused-ring (bicyclic) bond motifs is 1. The predicted molar refractivity (Wildman–Crippen MR) is 85.7 cm³/mol. The molecule has 0 N–H and O–H groups in total. The summed E-state index contributed by atoms with van der Waals surface area (Å²) in [5, 5.41) is 0. The molecule has 0 unspecified atom stereocenters. The summed E-state index contributed by atoms with van der Waals surface area (Å²) in [6.45, 7) is 3.40. The monoisotopic (exact) mass is 330 g/mol. The number of carbonyl (C=O) groups excluding carboxylic acids is 2. The van der Waals surface area contributed by atoms with Gasteiger partial charge >= 0.3 is 6.09 Å². The van der Waals surface area contributed by atoms with Gasteiger partial charge in [-0.25, -0.2) is 4.79 Å². The highest BCUT2D eigenvalue weighted by atomic mass is 16.6. The summed E-state index contributed by atoms with van der Waals surface area (Å²) in [7, 11) is 0. The Morgan fingerprint density at radius 1 is 1.12 bits per heavy atom. The van der Waals surface area contributed by atoms with Crippen LogP contribution in [0.3, 0.4) is 0 Å². The molecule has 2 amide bonds. The fourth-order valence-electron chi connectivity index (χ4n) is 2.98. The van der Waals surface area contributed by atoms with Crippen molar-refractivity contribution in [1.82, 2.24) is 14.8 Å². The standard InChI is InChI=1S/C16H18N4O4/c21-14(11-20-9-10-23-16(20)22)18-5-7-19(8-6-18)15-17-12-3-1-2-4-13(12)24-15/h1-4H,5-11H2. The van der Waals surface area contributed by atoms with Crippen LogP contribution in [0.4, 0.5) is 10.8 Å². The van der Waals surface area contributed by atoms with Crippen molar-refractivity contribution < 1.29 is 18.7 Å². The van der Waals surface area contributed by atoms with Crippen LogP contribution in [0.15, 0.2) is 28.7 Å². The number of hydrogen-bond donors (Lipinski definition) is 0. The summed E-state index contributed by atoms with van der Waals surface area (Å²) in [4.78, 5) is 33.5. The van der Waals surface area contributed by atoms with Gasteiger partial charge in [-0.2, -0.15) is 4.98 Å². The Kier molecular flexibility index (Phi) is 3.72. The van der Waals surface area contributed by atoms with E-state index in [4.69, 9.17) is 9.15 Å². The number of aromatic nitrogens is 1. The van der Waals surface area contributed by atoms with Crippen molar-refractivity contribution in [3.05, 3.63) is 24.3 Å². The van der Waals surface area contributed by atoms with E-state index >= 15 is 0 Å². The van der Waals surface area contributed by atoms with E-state index in [0.717, 1.165) is 11.1 Å². The molecule has 0 radical (unpaired) electrons. The maximum atomic E-state index is 12.3. The number of hydrogen-bond acceptors (Lipinski definition) is 6. The summed E-state index contributed by atoms with van der Waals surface area (Å²) in [6, 6.07) is 8.23. The fraction of sp³-hybridized carbons (Fsp3) is 0.438. The molecule has 0 bridgehead atoms. The molecule has 1 aromatic carbocycles. The summed E-state index contributed by atoms with van der Waals surface area (Å²) in [6.07, 6.45) is -0.409. The first-order valence-electron chi connectivity index (χ1n) is 8.01. The molecule has 2 aliphatic heterocycles. The molecule has 2 aromatic rings. The number of cyclic esters (lactones) is 1. The Bertz CT molecular complexity index is 733. The number of anilines is 1. The van der Waals surface area contributed by atoms with Crippen LogP contribution in [0.25, 0.3) is 11.1 Å². The van der Waals surface area contributed by atoms with E-state index in [1.54, 1.807) is 4.90 Å². The average molecular weight is 330 g/mol. The van der Waals surface area contributed by atoms with E-state index in [0.29, 0.717) is 45.3 Å². The third kappa shape index (κ3) is 2.75. The number of oxazole rings is 1. The van der Waals surface area contributed by atoms with Gasteiger partial charge in [0.05, 0.1) is 6.54 Å². The first-order valence-corrected chi connectivity index (χ1v) is 8.01. The molecule has 0 saturated carbocycles. The Labute approximate surface area is 138 Å². The van der Waals surface area contributed by atoms with Gasteiger partial charge in [-0.05, 0) is 12.1 Å². The molecule has 1 aromatic heterocycles. The summed E-state index contributed by atoms with van der Waals surface area (Å²) >= 11 is 0. The number of para-hydroxylation sites is 2. The average Bonchev–Trinajstić information content (AvgIpc) is 3.21. The van der Waals surface area contributed by atoms with Gasteiger partial charge in [0.1, 0.15) is 18.7 Å². The highest BCUT2D eigenvalue weighted by Gasteiger charge is 2.29. The molecule has 8 heteroatoms. The molecule has 8 nitrogen and oxygen atoms in total. The highest BCUT2D eigenvalue weighted by molar-refractivity contribution is 5.83. The Hall–Kier alpha value is -2.77. The molecule has 0 spiro atoms. The summed E-state index contributed by atoms with van der Waals surface area (Å²) in [5.74, 6) is -0.0499. The molecule has 2 aliphatic rings. The van der Waals surface area contributed by atoms with Crippen molar-refractivity contribution in [3.63, 3.8) is 0 Å². The molecule has 0 aliphatic carbocycles. The van der Waals surface area contributed by atoms with Crippen molar-refractivity contribution in [1.29, 1.82) is 0 Å². The SMILES string of the molecule is O=C(CN1CCOC1=O)N1CCN(c2nc3ccccc3o2)CC1. The molecule has 126 valence electrons. The fourth-order valence-corrected chi connectivity index (χ4v) is 2.98. The van der Waals surface area contributed by atoms with Crippen LogP contribution in [0, 0.1) is 0 Å². The zero-order valence-electron chi connectivity index (χ0n) is 13.2. The zero-order chi connectivity index (χ0) is 16.5. The zero-order valence-corrected chi connectivity index (χ0v) is 13.2. The minimum absolute atomic E-state index is 0.0499. The second-order valence-corrected chi connectivity index (χ2v) is 5.87. The van der Waals surface area contributed by atoms with Crippen LogP contribution in [-0.4, -0.2) is 72.7 Å². The van der Waals surface area contributed by atoms with E-state index in [9.17, 15) is 9.59 Å². The smallest absolute Gasteiger partial charge is 0.410 e. The van der Waals surface area contributed by atoms with Crippen LogP contribution in [0.2, 0.25) is 0 Å². The van der Waals surface area contributed by atoms with Gasteiger partial charge in [0, 0.05) is 26.2 Å². The lowest BCUT2D eigenvalue weighted by molar-refractivity contribution is -0.132. The second-order valence-electron chi connectivity index (χ2n) is 5.87. The Morgan fingerprint density at radius 2 is 1.92 bits per heavy atom. The van der Waals surface area contributed by atoms with Gasteiger partial charge in [0.15, 0.2) is 5.58 Å². The van der Waals surface area contributed by atoms with Crippen molar-refractivity contribution in [2.45, 2.75) is 0 Å². The van der Waals surface area contributed by atoms with Gasteiger partial charge in [0.2, 0.25) is 5.91 Å². The lowest BCUT2D eigenvalue weighted by atomic mass is 10.3. The molecule has 2 fully saturated rings. The quantitative estimate of drug-likeness (QED) is 0.833. The second kappa shape index (κ2) is 6.03. The van der Waals surface area contributed by atoms with Crippen molar-refractivity contribution in [2.24, 2.45) is 0 Å². The minimum atomic E-state index is -0.409. The first-order chi connectivity index (χ1) is 11.7. The van der Waals surface area contributed by atoms with E-state index in [2.05, 4.69) is 4.98 Å². The Morgan fingerprint density at radius 3 is 2.62 bits per heavy atom. The molecule has 0 atom stereocenters. The highest BCUT2D eigenvalue weighted by Crippen LogP contribution is 2.22. The molecule has 4 rings (SSSR count). The number of ether oxygens (including phenoxy) is 1. The molecule has 2 saturated heterocycles. The van der Waals surface area contributed by atoms with E-state index in [-0.39, 0.29) is 12.5 Å². The number of benzene rings is 1. The lowest BCUT2D eigenvalue weighted by Crippen LogP contribution is -2.51. The van der Waals surface area contributed by atoms with Gasteiger partial charge in [-0.3, -0.25) is 9.69 Å². The van der Waals surface area contributed by atoms with Crippen molar-refractivity contribution >= 4 is 29.1 Å². The summed E-state index contributed by atoms with van der Waals surface area (Å²) < 4.78 is 10.6. The predicted octanol–water partition coefficient (Wildman–Crippen LogP) is 0.929. The first kappa shape index (κ1) is 14.8. The number of rotatable bonds is 3. The van der Waals surface area contributed by atoms with Gasteiger partial charge in [0.25, 0.3) is 6.01 Å². The third-order valence-electron chi connectivity index (χ3n) is 4.36. The lowest BCUT2D eigenvalue weighted by Gasteiger charge is -2.34. The van der Waals surface area contributed by atoms with E-state index < -0.39 is 6.09 Å². The molecular weight excluding hydrogens is 312 g/mol. The largest absolute Gasteiger partial charge is 0.448 e. The van der Waals surface area contributed by atoms with Crippen LogP contribution in [0.1, 0.15) is 0 Å². The maximum absolute atomic E-state index is 12.3. The van der Waals surface area contributed by atoms with Gasteiger partial charge in [-0.1, -0.05) is 12.1 Å². The minimum Gasteiger partial charge on any atom is -0.448 e. The topological polar surface area (TPSA) is 79.1 Å². The van der Waals surface area contributed by atoms with Crippen LogP contribution < -0.4 is 4.90 Å². The number of carbonyl (C=O) groups is 2. The number of amides is 2. The van der Waals surface area contributed by atoms with Gasteiger partial charge in [-0.15, -0.1) is 0 Å². The molecule has 3 heterocycles. The van der Waals surface area contributed by atoms with E-state index in [1.807, 2.05) is 29.2 Å². The summed E-state index contributed by atoms with van der Waals surface area (Å²) in [5.41, 5.74) is 1.59. The van der Waals surface area contributed by atoms with Crippen LogP contribution >= 0.6 is 0 Å². The number of nitrogens with zero attached hydrogens (tertiary/aromatic N) is 4. The Balaban J connectivity index is 1.36. The molecule has 24 heavy (non-hydrogen) atoms. The van der Waals surface area contributed by atoms with Crippen molar-refractivity contribution in [3.8, 4) is 0 Å². The van der Waals surface area contributed by atoms with Crippen LogP contribution in [-0.2, 0) is 9.53 Å².